The molecule has 1 amide bonds. The van der Waals surface area contributed by atoms with E-state index in [1.807, 2.05) is 6.07 Å². The normalized spacial score (nSPS) is 12.9. The second-order valence-electron chi connectivity index (χ2n) is 4.19. The minimum atomic E-state index is 0.0227. The maximum atomic E-state index is 10.8. The van der Waals surface area contributed by atoms with Crippen molar-refractivity contribution < 1.29 is 9.53 Å². The summed E-state index contributed by atoms with van der Waals surface area (Å²) in [6.45, 7) is 2.23. The van der Waals surface area contributed by atoms with Crippen molar-refractivity contribution in [2.45, 2.75) is 19.8 Å². The van der Waals surface area contributed by atoms with Gasteiger partial charge in [-0.15, -0.1) is 0 Å². The number of methoxy groups -OCH3 is 1. The minimum Gasteiger partial charge on any atom is -0.497 e. The van der Waals surface area contributed by atoms with Crippen molar-refractivity contribution in [2.24, 2.45) is 0 Å². The van der Waals surface area contributed by atoms with E-state index in [0.717, 1.165) is 18.6 Å². The molecule has 1 N–H and O–H groups in total. The van der Waals surface area contributed by atoms with Gasteiger partial charge in [0.05, 0.1) is 7.11 Å². The summed E-state index contributed by atoms with van der Waals surface area (Å²) >= 11 is 0. The fourth-order valence-corrected chi connectivity index (χ4v) is 2.11. The van der Waals surface area contributed by atoms with Crippen LogP contribution in [0.3, 0.4) is 0 Å². The van der Waals surface area contributed by atoms with Crippen LogP contribution in [0.5, 0.6) is 5.75 Å². The maximum Gasteiger partial charge on any atom is 0.216 e. The van der Waals surface area contributed by atoms with E-state index in [4.69, 9.17) is 4.74 Å². The van der Waals surface area contributed by atoms with Gasteiger partial charge in [-0.2, -0.15) is 0 Å². The number of hydrogen-bond donors (Lipinski definition) is 1. The highest BCUT2D eigenvalue weighted by molar-refractivity contribution is 5.76. The second-order valence-corrected chi connectivity index (χ2v) is 4.19. The van der Waals surface area contributed by atoms with Crippen LogP contribution in [-0.2, 0) is 11.2 Å². The number of hydrogen-bond acceptors (Lipinski definition) is 2. The Balaban J connectivity index is 2.06. The lowest BCUT2D eigenvalue weighted by Gasteiger charge is -2.08. The standard InChI is InChI=1S/C14H17NO2/c1-10(16)15-8-7-12-4-3-11-5-6-13(17-2)9-14(11)12/h4-6,9H,3,7-8H2,1-2H3,(H,15,16). The summed E-state index contributed by atoms with van der Waals surface area (Å²) in [5, 5.41) is 2.82. The van der Waals surface area contributed by atoms with Gasteiger partial charge in [0.15, 0.2) is 0 Å². The molecule has 0 aromatic heterocycles. The predicted octanol–water partition coefficient (Wildman–Crippen LogP) is 2.16. The Morgan fingerprint density at radius 3 is 3.00 bits per heavy atom. The molecule has 0 aliphatic heterocycles. The number of amides is 1. The van der Waals surface area contributed by atoms with E-state index in [0.29, 0.717) is 6.54 Å². The first kappa shape index (κ1) is 11.7. The lowest BCUT2D eigenvalue weighted by molar-refractivity contribution is -0.118. The number of carbonyl (C=O) groups is 1. The molecule has 0 fully saturated rings. The Hall–Kier alpha value is -1.77. The van der Waals surface area contributed by atoms with Crippen molar-refractivity contribution in [2.75, 3.05) is 13.7 Å². The molecule has 2 rings (SSSR count). The molecule has 0 spiro atoms. The number of allylic oxidation sites excluding steroid dienone is 1. The largest absolute Gasteiger partial charge is 0.497 e. The molecule has 1 aromatic rings. The molecule has 0 radical (unpaired) electrons. The quantitative estimate of drug-likeness (QED) is 0.862. The van der Waals surface area contributed by atoms with Gasteiger partial charge < -0.3 is 10.1 Å². The van der Waals surface area contributed by atoms with E-state index < -0.39 is 0 Å². The van der Waals surface area contributed by atoms with E-state index in [9.17, 15) is 4.79 Å². The molecule has 0 saturated carbocycles. The average molecular weight is 231 g/mol. The van der Waals surface area contributed by atoms with E-state index in [1.54, 1.807) is 14.0 Å². The fraction of sp³-hybridized carbons (Fsp3) is 0.357. The summed E-state index contributed by atoms with van der Waals surface area (Å²) in [7, 11) is 1.68. The van der Waals surface area contributed by atoms with Crippen LogP contribution in [-0.4, -0.2) is 19.6 Å². The lowest BCUT2D eigenvalue weighted by atomic mass is 10.0. The monoisotopic (exact) mass is 231 g/mol. The summed E-state index contributed by atoms with van der Waals surface area (Å²) in [6, 6.07) is 6.17. The molecular weight excluding hydrogens is 214 g/mol. The highest BCUT2D eigenvalue weighted by atomic mass is 16.5. The topological polar surface area (TPSA) is 38.3 Å². The molecule has 0 unspecified atom stereocenters. The van der Waals surface area contributed by atoms with Gasteiger partial charge in [0.2, 0.25) is 5.91 Å². The van der Waals surface area contributed by atoms with Crippen molar-refractivity contribution in [1.82, 2.24) is 5.32 Å². The van der Waals surface area contributed by atoms with Crippen LogP contribution in [0.15, 0.2) is 24.3 Å². The number of nitrogens with one attached hydrogen (secondary N) is 1. The molecular formula is C14H17NO2. The van der Waals surface area contributed by atoms with Gasteiger partial charge in [0, 0.05) is 13.5 Å². The molecule has 0 saturated heterocycles. The third-order valence-electron chi connectivity index (χ3n) is 3.00. The fourth-order valence-electron chi connectivity index (χ4n) is 2.11. The Morgan fingerprint density at radius 1 is 1.47 bits per heavy atom. The van der Waals surface area contributed by atoms with Gasteiger partial charge in [-0.3, -0.25) is 4.79 Å². The molecule has 3 nitrogen and oxygen atoms in total. The molecule has 1 aliphatic rings. The van der Waals surface area contributed by atoms with Crippen LogP contribution >= 0.6 is 0 Å². The van der Waals surface area contributed by atoms with E-state index >= 15 is 0 Å². The third-order valence-corrected chi connectivity index (χ3v) is 3.00. The number of benzene rings is 1. The Kier molecular flexibility index (Phi) is 3.47. The van der Waals surface area contributed by atoms with Gasteiger partial charge in [0.1, 0.15) is 5.75 Å². The molecule has 0 atom stereocenters. The smallest absolute Gasteiger partial charge is 0.216 e. The Morgan fingerprint density at radius 2 is 2.29 bits per heavy atom. The van der Waals surface area contributed by atoms with Crippen LogP contribution in [0.4, 0.5) is 0 Å². The van der Waals surface area contributed by atoms with Crippen molar-refractivity contribution >= 4 is 11.5 Å². The first-order valence-corrected chi connectivity index (χ1v) is 5.81. The number of fused-ring (bicyclic) bond motifs is 1. The van der Waals surface area contributed by atoms with Crippen molar-refractivity contribution in [3.05, 3.63) is 35.4 Å². The van der Waals surface area contributed by atoms with Crippen LogP contribution in [0.1, 0.15) is 24.5 Å². The average Bonchev–Trinajstić information content (AvgIpc) is 2.71. The van der Waals surface area contributed by atoms with Crippen LogP contribution < -0.4 is 10.1 Å². The summed E-state index contributed by atoms with van der Waals surface area (Å²) in [6.07, 6.45) is 4.08. The summed E-state index contributed by atoms with van der Waals surface area (Å²) in [5.41, 5.74) is 3.89. The van der Waals surface area contributed by atoms with Crippen LogP contribution in [0.25, 0.3) is 5.57 Å². The zero-order valence-corrected chi connectivity index (χ0v) is 10.2. The number of ether oxygens (including phenoxy) is 1. The van der Waals surface area contributed by atoms with Crippen LogP contribution in [0.2, 0.25) is 0 Å². The van der Waals surface area contributed by atoms with E-state index in [-0.39, 0.29) is 5.91 Å². The second kappa shape index (κ2) is 5.04. The van der Waals surface area contributed by atoms with E-state index in [2.05, 4.69) is 23.5 Å². The van der Waals surface area contributed by atoms with Gasteiger partial charge in [0.25, 0.3) is 0 Å². The van der Waals surface area contributed by atoms with Gasteiger partial charge >= 0.3 is 0 Å². The van der Waals surface area contributed by atoms with Gasteiger partial charge in [-0.25, -0.2) is 0 Å². The highest BCUT2D eigenvalue weighted by Gasteiger charge is 2.14. The zero-order chi connectivity index (χ0) is 12.3. The lowest BCUT2D eigenvalue weighted by Crippen LogP contribution is -2.20. The molecule has 1 aromatic carbocycles. The first-order valence-electron chi connectivity index (χ1n) is 5.81. The Labute approximate surface area is 101 Å². The number of carbonyl (C=O) groups excluding carboxylic acids is 1. The van der Waals surface area contributed by atoms with Gasteiger partial charge in [-0.1, -0.05) is 12.1 Å². The molecule has 1 aliphatic carbocycles. The SMILES string of the molecule is COc1ccc2c(c1)C(CCNC(C)=O)=CC2. The Bertz CT molecular complexity index is 463. The van der Waals surface area contributed by atoms with Gasteiger partial charge in [-0.05, 0) is 41.7 Å². The summed E-state index contributed by atoms with van der Waals surface area (Å²) < 4.78 is 5.23. The molecule has 3 heteroatoms. The maximum absolute atomic E-state index is 10.8. The van der Waals surface area contributed by atoms with Crippen molar-refractivity contribution in [3.63, 3.8) is 0 Å². The molecule has 0 heterocycles. The minimum absolute atomic E-state index is 0.0227. The van der Waals surface area contributed by atoms with Crippen LogP contribution in [0, 0.1) is 0 Å². The zero-order valence-electron chi connectivity index (χ0n) is 10.2. The number of rotatable bonds is 4. The predicted molar refractivity (Wildman–Crippen MR) is 68.0 cm³/mol. The highest BCUT2D eigenvalue weighted by Crippen LogP contribution is 2.32. The summed E-state index contributed by atoms with van der Waals surface area (Å²) in [5.74, 6) is 0.908. The summed E-state index contributed by atoms with van der Waals surface area (Å²) in [4.78, 5) is 10.8. The molecule has 0 bridgehead atoms. The molecule has 17 heavy (non-hydrogen) atoms. The van der Waals surface area contributed by atoms with Crippen molar-refractivity contribution in [3.8, 4) is 5.75 Å². The van der Waals surface area contributed by atoms with Crippen molar-refractivity contribution in [1.29, 1.82) is 0 Å². The molecule has 90 valence electrons. The first-order chi connectivity index (χ1) is 8.20. The van der Waals surface area contributed by atoms with E-state index in [1.165, 1.54) is 16.7 Å². The third kappa shape index (κ3) is 2.67.